The summed E-state index contributed by atoms with van der Waals surface area (Å²) >= 11 is 0. The first-order chi connectivity index (χ1) is 8.16. The molecule has 17 heavy (non-hydrogen) atoms. The summed E-state index contributed by atoms with van der Waals surface area (Å²) in [4.78, 5) is 0. The van der Waals surface area contributed by atoms with Gasteiger partial charge in [0.1, 0.15) is 0 Å². The third kappa shape index (κ3) is 3.32. The largest absolute Gasteiger partial charge is 0.393 e. The van der Waals surface area contributed by atoms with Crippen LogP contribution in [0.25, 0.3) is 0 Å². The molecular formula is C14H24N2O. The normalized spacial score (nSPS) is 19.1. The SMILES string of the molecule is CC(C)C(O)CCc1ccn(C2CCCC2)n1. The lowest BCUT2D eigenvalue weighted by molar-refractivity contribution is 0.116. The van der Waals surface area contributed by atoms with Crippen LogP contribution in [0.2, 0.25) is 0 Å². The zero-order valence-electron chi connectivity index (χ0n) is 11.0. The van der Waals surface area contributed by atoms with Gasteiger partial charge in [-0.05, 0) is 37.7 Å². The molecule has 3 heteroatoms. The molecule has 1 aromatic heterocycles. The zero-order chi connectivity index (χ0) is 12.3. The number of rotatable bonds is 5. The summed E-state index contributed by atoms with van der Waals surface area (Å²) in [7, 11) is 0. The van der Waals surface area contributed by atoms with E-state index < -0.39 is 0 Å². The van der Waals surface area contributed by atoms with Crippen LogP contribution in [0.5, 0.6) is 0 Å². The average Bonchev–Trinajstić information content (AvgIpc) is 2.95. The van der Waals surface area contributed by atoms with E-state index in [2.05, 4.69) is 35.9 Å². The summed E-state index contributed by atoms with van der Waals surface area (Å²) in [6.07, 6.45) is 8.83. The Morgan fingerprint density at radius 2 is 2.12 bits per heavy atom. The van der Waals surface area contributed by atoms with Crippen molar-refractivity contribution in [2.75, 3.05) is 0 Å². The standard InChI is InChI=1S/C14H24N2O/c1-11(2)14(17)8-7-12-9-10-16(15-12)13-5-3-4-6-13/h9-11,13-14,17H,3-8H2,1-2H3. The van der Waals surface area contributed by atoms with Crippen LogP contribution in [0.4, 0.5) is 0 Å². The van der Waals surface area contributed by atoms with Crippen LogP contribution in [-0.4, -0.2) is 21.0 Å². The summed E-state index contributed by atoms with van der Waals surface area (Å²) in [5.41, 5.74) is 1.12. The molecule has 0 amide bonds. The van der Waals surface area contributed by atoms with Crippen molar-refractivity contribution in [1.29, 1.82) is 0 Å². The predicted molar refractivity (Wildman–Crippen MR) is 68.9 cm³/mol. The number of nitrogens with zero attached hydrogens (tertiary/aromatic N) is 2. The monoisotopic (exact) mass is 236 g/mol. The molecule has 1 atom stereocenters. The lowest BCUT2D eigenvalue weighted by Gasteiger charge is -2.13. The minimum Gasteiger partial charge on any atom is -0.393 e. The molecule has 1 aliphatic carbocycles. The van der Waals surface area contributed by atoms with Crippen LogP contribution in [0.1, 0.15) is 57.7 Å². The molecular weight excluding hydrogens is 212 g/mol. The van der Waals surface area contributed by atoms with Crippen molar-refractivity contribution in [3.8, 4) is 0 Å². The Hall–Kier alpha value is -0.830. The first-order valence-corrected chi connectivity index (χ1v) is 6.89. The average molecular weight is 236 g/mol. The molecule has 0 bridgehead atoms. The third-order valence-corrected chi connectivity index (χ3v) is 3.83. The van der Waals surface area contributed by atoms with Crippen LogP contribution < -0.4 is 0 Å². The Kier molecular flexibility index (Phi) is 4.21. The Morgan fingerprint density at radius 1 is 1.41 bits per heavy atom. The number of hydrogen-bond acceptors (Lipinski definition) is 2. The maximum absolute atomic E-state index is 9.77. The minimum absolute atomic E-state index is 0.202. The smallest absolute Gasteiger partial charge is 0.0625 e. The highest BCUT2D eigenvalue weighted by molar-refractivity contribution is 5.00. The predicted octanol–water partition coefficient (Wildman–Crippen LogP) is 2.95. The number of aryl methyl sites for hydroxylation is 1. The molecule has 0 aliphatic heterocycles. The van der Waals surface area contributed by atoms with E-state index in [0.717, 1.165) is 18.5 Å². The van der Waals surface area contributed by atoms with Crippen LogP contribution in [-0.2, 0) is 6.42 Å². The Balaban J connectivity index is 1.85. The molecule has 1 fully saturated rings. The van der Waals surface area contributed by atoms with Gasteiger partial charge in [0.05, 0.1) is 17.8 Å². The molecule has 1 N–H and O–H groups in total. The first-order valence-electron chi connectivity index (χ1n) is 6.89. The van der Waals surface area contributed by atoms with Gasteiger partial charge >= 0.3 is 0 Å². The van der Waals surface area contributed by atoms with E-state index >= 15 is 0 Å². The summed E-state index contributed by atoms with van der Waals surface area (Å²) in [6, 6.07) is 2.73. The molecule has 1 heterocycles. The van der Waals surface area contributed by atoms with Gasteiger partial charge in [0.25, 0.3) is 0 Å². The van der Waals surface area contributed by atoms with E-state index in [1.165, 1.54) is 25.7 Å². The molecule has 0 aromatic carbocycles. The van der Waals surface area contributed by atoms with Crippen LogP contribution in [0.15, 0.2) is 12.3 Å². The summed E-state index contributed by atoms with van der Waals surface area (Å²) in [5, 5.41) is 14.4. The fourth-order valence-electron chi connectivity index (χ4n) is 2.51. The van der Waals surface area contributed by atoms with Gasteiger partial charge in [-0.3, -0.25) is 4.68 Å². The van der Waals surface area contributed by atoms with Crippen LogP contribution in [0, 0.1) is 5.92 Å². The lowest BCUT2D eigenvalue weighted by Crippen LogP contribution is -2.15. The Morgan fingerprint density at radius 3 is 2.76 bits per heavy atom. The van der Waals surface area contributed by atoms with E-state index in [9.17, 15) is 5.11 Å². The third-order valence-electron chi connectivity index (χ3n) is 3.83. The molecule has 0 saturated heterocycles. The number of aliphatic hydroxyl groups is 1. The molecule has 0 radical (unpaired) electrons. The van der Waals surface area contributed by atoms with Gasteiger partial charge in [0.2, 0.25) is 0 Å². The van der Waals surface area contributed by atoms with Gasteiger partial charge in [-0.1, -0.05) is 26.7 Å². The van der Waals surface area contributed by atoms with E-state index in [0.29, 0.717) is 12.0 Å². The van der Waals surface area contributed by atoms with Crippen molar-refractivity contribution in [2.45, 2.75) is 64.5 Å². The van der Waals surface area contributed by atoms with Gasteiger partial charge in [0.15, 0.2) is 0 Å². The molecule has 0 spiro atoms. The van der Waals surface area contributed by atoms with Crippen molar-refractivity contribution in [3.63, 3.8) is 0 Å². The number of aliphatic hydroxyl groups excluding tert-OH is 1. The molecule has 2 rings (SSSR count). The highest BCUT2D eigenvalue weighted by Crippen LogP contribution is 2.28. The molecule has 1 aliphatic rings. The lowest BCUT2D eigenvalue weighted by atomic mass is 10.0. The van der Waals surface area contributed by atoms with E-state index in [1.54, 1.807) is 0 Å². The van der Waals surface area contributed by atoms with Crippen molar-refractivity contribution in [1.82, 2.24) is 9.78 Å². The quantitative estimate of drug-likeness (QED) is 0.853. The zero-order valence-corrected chi connectivity index (χ0v) is 11.0. The molecule has 1 unspecified atom stereocenters. The van der Waals surface area contributed by atoms with Gasteiger partial charge in [-0.2, -0.15) is 5.10 Å². The minimum atomic E-state index is -0.202. The Bertz CT molecular complexity index is 340. The van der Waals surface area contributed by atoms with Gasteiger partial charge in [-0.25, -0.2) is 0 Å². The maximum Gasteiger partial charge on any atom is 0.0625 e. The summed E-state index contributed by atoms with van der Waals surface area (Å²) in [6.45, 7) is 4.11. The second-order valence-corrected chi connectivity index (χ2v) is 5.58. The van der Waals surface area contributed by atoms with Crippen molar-refractivity contribution < 1.29 is 5.11 Å². The van der Waals surface area contributed by atoms with Crippen LogP contribution in [0.3, 0.4) is 0 Å². The second-order valence-electron chi connectivity index (χ2n) is 5.58. The van der Waals surface area contributed by atoms with E-state index in [1.807, 2.05) is 0 Å². The second kappa shape index (κ2) is 5.67. The van der Waals surface area contributed by atoms with Crippen molar-refractivity contribution in [3.05, 3.63) is 18.0 Å². The van der Waals surface area contributed by atoms with Crippen molar-refractivity contribution in [2.24, 2.45) is 5.92 Å². The fourth-order valence-corrected chi connectivity index (χ4v) is 2.51. The van der Waals surface area contributed by atoms with Gasteiger partial charge < -0.3 is 5.11 Å². The number of hydrogen-bond donors (Lipinski definition) is 1. The van der Waals surface area contributed by atoms with Crippen LogP contribution >= 0.6 is 0 Å². The summed E-state index contributed by atoms with van der Waals surface area (Å²) < 4.78 is 2.13. The topological polar surface area (TPSA) is 38.0 Å². The van der Waals surface area contributed by atoms with Gasteiger partial charge in [0, 0.05) is 6.20 Å². The number of aromatic nitrogens is 2. The van der Waals surface area contributed by atoms with Gasteiger partial charge in [-0.15, -0.1) is 0 Å². The summed E-state index contributed by atoms with van der Waals surface area (Å²) in [5.74, 6) is 0.340. The molecule has 3 nitrogen and oxygen atoms in total. The fraction of sp³-hybridized carbons (Fsp3) is 0.786. The van der Waals surface area contributed by atoms with Crippen molar-refractivity contribution >= 4 is 0 Å². The highest BCUT2D eigenvalue weighted by Gasteiger charge is 2.17. The highest BCUT2D eigenvalue weighted by atomic mass is 16.3. The first kappa shape index (κ1) is 12.6. The molecule has 1 aromatic rings. The molecule has 96 valence electrons. The Labute approximate surface area is 104 Å². The molecule has 1 saturated carbocycles. The maximum atomic E-state index is 9.77. The van der Waals surface area contributed by atoms with E-state index in [4.69, 9.17) is 0 Å². The van der Waals surface area contributed by atoms with E-state index in [-0.39, 0.29) is 6.10 Å².